The third-order valence-electron chi connectivity index (χ3n) is 1.76. The minimum atomic E-state index is 0.438. The molecule has 2 nitrogen and oxygen atoms in total. The van der Waals surface area contributed by atoms with E-state index in [1.807, 2.05) is 0 Å². The lowest BCUT2D eigenvalue weighted by atomic mass is 9.89. The summed E-state index contributed by atoms with van der Waals surface area (Å²) in [6, 6.07) is 0. The minimum absolute atomic E-state index is 0.438. The summed E-state index contributed by atoms with van der Waals surface area (Å²) in [6.45, 7) is 7.39. The average Bonchev–Trinajstić information content (AvgIpc) is 1.94. The molecule has 0 heterocycles. The number of rotatable bonds is 5. The summed E-state index contributed by atoms with van der Waals surface area (Å²) in [5, 5.41) is 0. The maximum absolute atomic E-state index is 9.71. The van der Waals surface area contributed by atoms with Crippen molar-refractivity contribution in [2.24, 2.45) is 10.4 Å². The molecule has 70 valence electrons. The zero-order valence-corrected chi connectivity index (χ0v) is 8.39. The Bertz CT molecular complexity index is 152. The molecule has 0 radical (unpaired) electrons. The van der Waals surface area contributed by atoms with Gasteiger partial charge in [0.15, 0.2) is 0 Å². The van der Waals surface area contributed by atoms with E-state index in [2.05, 4.69) is 25.8 Å². The molecule has 0 rings (SSSR count). The number of nitrogens with zero attached hydrogens (tertiary/aromatic N) is 1. The highest BCUT2D eigenvalue weighted by Crippen LogP contribution is 2.21. The van der Waals surface area contributed by atoms with Crippen molar-refractivity contribution in [2.45, 2.75) is 46.5 Å². The van der Waals surface area contributed by atoms with Crippen LogP contribution in [0.5, 0.6) is 0 Å². The van der Waals surface area contributed by atoms with E-state index in [1.165, 1.54) is 19.3 Å². The van der Waals surface area contributed by atoms with Crippen molar-refractivity contribution in [2.75, 3.05) is 6.54 Å². The normalized spacial score (nSPS) is 10.9. The van der Waals surface area contributed by atoms with E-state index in [-0.39, 0.29) is 0 Å². The number of hydrogen-bond acceptors (Lipinski definition) is 2. The lowest BCUT2D eigenvalue weighted by Crippen LogP contribution is -2.03. The third-order valence-corrected chi connectivity index (χ3v) is 1.76. The standard InChI is InChI=1S/C10H19NO/c1-10(2,3)7-5-4-6-8-11-9-12/h4-8H2,1-3H3. The summed E-state index contributed by atoms with van der Waals surface area (Å²) in [5.74, 6) is 0. The lowest BCUT2D eigenvalue weighted by Gasteiger charge is -2.17. The van der Waals surface area contributed by atoms with Crippen LogP contribution >= 0.6 is 0 Å². The smallest absolute Gasteiger partial charge is 0.211 e. The van der Waals surface area contributed by atoms with Gasteiger partial charge in [-0.3, -0.25) is 0 Å². The largest absolute Gasteiger partial charge is 0.234 e. The van der Waals surface area contributed by atoms with Gasteiger partial charge in [0.2, 0.25) is 6.08 Å². The maximum Gasteiger partial charge on any atom is 0.234 e. The predicted octanol–water partition coefficient (Wildman–Crippen LogP) is 2.93. The molecule has 0 atom stereocenters. The molecule has 0 unspecified atom stereocenters. The van der Waals surface area contributed by atoms with E-state index < -0.39 is 0 Å². The first kappa shape index (κ1) is 11.4. The van der Waals surface area contributed by atoms with Gasteiger partial charge < -0.3 is 0 Å². The molecule has 0 aliphatic heterocycles. The summed E-state index contributed by atoms with van der Waals surface area (Å²) in [6.07, 6.45) is 6.22. The highest BCUT2D eigenvalue weighted by atomic mass is 16.1. The second-order valence-electron chi connectivity index (χ2n) is 4.34. The molecule has 0 aromatic carbocycles. The molecule has 0 aromatic rings. The average molecular weight is 169 g/mol. The molecule has 12 heavy (non-hydrogen) atoms. The molecule has 0 bridgehead atoms. The molecule has 2 heteroatoms. The fourth-order valence-electron chi connectivity index (χ4n) is 1.07. The minimum Gasteiger partial charge on any atom is -0.211 e. The van der Waals surface area contributed by atoms with E-state index in [4.69, 9.17) is 0 Å². The van der Waals surface area contributed by atoms with Gasteiger partial charge in [0, 0.05) is 0 Å². The lowest BCUT2D eigenvalue weighted by molar-refractivity contribution is 0.358. The molecule has 0 saturated carbocycles. The number of hydrogen-bond donors (Lipinski definition) is 0. The highest BCUT2D eigenvalue weighted by Gasteiger charge is 2.08. The molecule has 0 aliphatic carbocycles. The van der Waals surface area contributed by atoms with Gasteiger partial charge in [0.25, 0.3) is 0 Å². The van der Waals surface area contributed by atoms with Crippen LogP contribution in [0.3, 0.4) is 0 Å². The Kier molecular flexibility index (Phi) is 5.65. The second kappa shape index (κ2) is 5.96. The summed E-state index contributed by atoms with van der Waals surface area (Å²) in [5.41, 5.74) is 0.438. The summed E-state index contributed by atoms with van der Waals surface area (Å²) in [7, 11) is 0. The van der Waals surface area contributed by atoms with Crippen LogP contribution in [0.1, 0.15) is 46.5 Å². The van der Waals surface area contributed by atoms with E-state index in [9.17, 15) is 4.79 Å². The number of aliphatic imine (C=N–C) groups is 1. The second-order valence-corrected chi connectivity index (χ2v) is 4.34. The predicted molar refractivity (Wildman–Crippen MR) is 50.9 cm³/mol. The summed E-state index contributed by atoms with van der Waals surface area (Å²) >= 11 is 0. The van der Waals surface area contributed by atoms with Crippen molar-refractivity contribution in [1.29, 1.82) is 0 Å². The molecule has 0 fully saturated rings. The zero-order valence-electron chi connectivity index (χ0n) is 8.39. The Morgan fingerprint density at radius 3 is 2.33 bits per heavy atom. The number of carbonyl (C=O) groups excluding carboxylic acids is 1. The van der Waals surface area contributed by atoms with Crippen LogP contribution in [0, 0.1) is 5.41 Å². The number of isocyanates is 1. The first-order valence-electron chi connectivity index (χ1n) is 4.60. The third kappa shape index (κ3) is 9.38. The molecular weight excluding hydrogens is 150 g/mol. The van der Waals surface area contributed by atoms with E-state index in [0.29, 0.717) is 12.0 Å². The molecule has 0 aliphatic rings. The van der Waals surface area contributed by atoms with Gasteiger partial charge in [-0.2, -0.15) is 0 Å². The van der Waals surface area contributed by atoms with Crippen molar-refractivity contribution in [3.63, 3.8) is 0 Å². The van der Waals surface area contributed by atoms with Crippen LogP contribution in [0.2, 0.25) is 0 Å². The van der Waals surface area contributed by atoms with Gasteiger partial charge in [0.1, 0.15) is 0 Å². The van der Waals surface area contributed by atoms with Crippen molar-refractivity contribution in [3.8, 4) is 0 Å². The zero-order chi connectivity index (χ0) is 9.45. The first-order chi connectivity index (χ1) is 5.56. The first-order valence-corrected chi connectivity index (χ1v) is 4.60. The summed E-state index contributed by atoms with van der Waals surface area (Å²) < 4.78 is 0. The topological polar surface area (TPSA) is 29.4 Å². The SMILES string of the molecule is CC(C)(C)CCCCCN=C=O. The van der Waals surface area contributed by atoms with Crippen LogP contribution in [-0.4, -0.2) is 12.6 Å². The number of unbranched alkanes of at least 4 members (excludes halogenated alkanes) is 2. The van der Waals surface area contributed by atoms with Crippen LogP contribution in [0.4, 0.5) is 0 Å². The van der Waals surface area contributed by atoms with Gasteiger partial charge in [-0.1, -0.05) is 33.6 Å². The van der Waals surface area contributed by atoms with E-state index in [1.54, 1.807) is 6.08 Å². The van der Waals surface area contributed by atoms with Crippen LogP contribution in [0.15, 0.2) is 4.99 Å². The van der Waals surface area contributed by atoms with Crippen molar-refractivity contribution >= 4 is 6.08 Å². The monoisotopic (exact) mass is 169 g/mol. The van der Waals surface area contributed by atoms with Crippen LogP contribution in [0.25, 0.3) is 0 Å². The Morgan fingerprint density at radius 1 is 1.17 bits per heavy atom. The van der Waals surface area contributed by atoms with Crippen molar-refractivity contribution in [3.05, 3.63) is 0 Å². The Morgan fingerprint density at radius 2 is 1.83 bits per heavy atom. The molecule has 0 N–H and O–H groups in total. The van der Waals surface area contributed by atoms with E-state index >= 15 is 0 Å². The van der Waals surface area contributed by atoms with Crippen LogP contribution in [-0.2, 0) is 4.79 Å². The Balaban J connectivity index is 3.16. The van der Waals surface area contributed by atoms with Gasteiger partial charge in [-0.25, -0.2) is 9.79 Å². The van der Waals surface area contributed by atoms with Crippen molar-refractivity contribution < 1.29 is 4.79 Å². The fourth-order valence-corrected chi connectivity index (χ4v) is 1.07. The quantitative estimate of drug-likeness (QED) is 0.353. The van der Waals surface area contributed by atoms with Gasteiger partial charge in [-0.15, -0.1) is 0 Å². The molecule has 0 amide bonds. The van der Waals surface area contributed by atoms with Crippen LogP contribution < -0.4 is 0 Å². The summed E-state index contributed by atoms with van der Waals surface area (Å²) in [4.78, 5) is 13.2. The fraction of sp³-hybridized carbons (Fsp3) is 0.900. The Hall–Kier alpha value is -0.620. The maximum atomic E-state index is 9.71. The molecule has 0 spiro atoms. The Labute approximate surface area is 75.1 Å². The molecule has 0 saturated heterocycles. The van der Waals surface area contributed by atoms with E-state index in [0.717, 1.165) is 6.42 Å². The highest BCUT2D eigenvalue weighted by molar-refractivity contribution is 5.32. The van der Waals surface area contributed by atoms with Gasteiger partial charge in [-0.05, 0) is 18.3 Å². The van der Waals surface area contributed by atoms with Crippen molar-refractivity contribution in [1.82, 2.24) is 0 Å². The van der Waals surface area contributed by atoms with Gasteiger partial charge >= 0.3 is 0 Å². The molecular formula is C10H19NO. The van der Waals surface area contributed by atoms with Gasteiger partial charge in [0.05, 0.1) is 6.54 Å². The molecule has 0 aromatic heterocycles.